The summed E-state index contributed by atoms with van der Waals surface area (Å²) in [6.45, 7) is 1.98. The molecule has 5 heteroatoms. The van der Waals surface area contributed by atoms with Gasteiger partial charge in [-0.05, 0) is 30.7 Å². The minimum Gasteiger partial charge on any atom is -0.278 e. The van der Waals surface area contributed by atoms with Crippen molar-refractivity contribution in [2.45, 2.75) is 12.8 Å². The van der Waals surface area contributed by atoms with Crippen LogP contribution < -0.4 is 0 Å². The summed E-state index contributed by atoms with van der Waals surface area (Å²) in [6.07, 6.45) is 1.74. The highest BCUT2D eigenvalue weighted by atomic mass is 35.5. The lowest BCUT2D eigenvalue weighted by Gasteiger charge is -2.08. The van der Waals surface area contributed by atoms with Crippen LogP contribution >= 0.6 is 11.6 Å². The highest BCUT2D eigenvalue weighted by Gasteiger charge is 2.16. The van der Waals surface area contributed by atoms with E-state index in [9.17, 15) is 5.26 Å². The molecule has 1 aromatic carbocycles. The van der Waals surface area contributed by atoms with Gasteiger partial charge in [-0.1, -0.05) is 12.1 Å². The predicted octanol–water partition coefficient (Wildman–Crippen LogP) is 3.34. The van der Waals surface area contributed by atoms with Gasteiger partial charge in [0.1, 0.15) is 17.4 Å². The van der Waals surface area contributed by atoms with Crippen molar-refractivity contribution in [2.24, 2.45) is 0 Å². The van der Waals surface area contributed by atoms with E-state index in [-0.39, 0.29) is 5.88 Å². The Hall–Kier alpha value is -2.38. The van der Waals surface area contributed by atoms with Gasteiger partial charge in [0, 0.05) is 6.20 Å². The molecule has 0 fully saturated rings. The van der Waals surface area contributed by atoms with E-state index in [1.807, 2.05) is 35.8 Å². The van der Waals surface area contributed by atoms with Crippen molar-refractivity contribution in [1.29, 1.82) is 5.26 Å². The Morgan fingerprint density at radius 2 is 2.10 bits per heavy atom. The van der Waals surface area contributed by atoms with Crippen molar-refractivity contribution in [3.05, 3.63) is 53.5 Å². The average molecular weight is 283 g/mol. The van der Waals surface area contributed by atoms with Crippen LogP contribution in [0.4, 0.5) is 0 Å². The fourth-order valence-corrected chi connectivity index (χ4v) is 2.42. The van der Waals surface area contributed by atoms with Gasteiger partial charge in [-0.2, -0.15) is 5.26 Å². The van der Waals surface area contributed by atoms with Crippen LogP contribution in [0, 0.1) is 18.3 Å². The molecule has 20 heavy (non-hydrogen) atoms. The summed E-state index contributed by atoms with van der Waals surface area (Å²) < 4.78 is 1.86. The molecule has 98 valence electrons. The summed E-state index contributed by atoms with van der Waals surface area (Å²) in [5.74, 6) is 0.946. The summed E-state index contributed by atoms with van der Waals surface area (Å²) in [5.41, 5.74) is 3.90. The largest absolute Gasteiger partial charge is 0.278 e. The van der Waals surface area contributed by atoms with E-state index >= 15 is 0 Å². The van der Waals surface area contributed by atoms with E-state index in [2.05, 4.69) is 16.0 Å². The number of aryl methyl sites for hydroxylation is 1. The summed E-state index contributed by atoms with van der Waals surface area (Å²) in [4.78, 5) is 8.94. The number of alkyl halides is 1. The lowest BCUT2D eigenvalue weighted by atomic mass is 10.2. The van der Waals surface area contributed by atoms with Crippen LogP contribution in [0.1, 0.15) is 17.0 Å². The van der Waals surface area contributed by atoms with Gasteiger partial charge in [-0.15, -0.1) is 11.6 Å². The van der Waals surface area contributed by atoms with Gasteiger partial charge >= 0.3 is 0 Å². The van der Waals surface area contributed by atoms with Gasteiger partial charge in [0.25, 0.3) is 0 Å². The Morgan fingerprint density at radius 3 is 2.85 bits per heavy atom. The molecule has 0 bridgehead atoms. The fraction of sp³-hybridized carbons (Fsp3) is 0.133. The molecule has 0 N–H and O–H groups in total. The SMILES string of the molecule is Cc1ccnc2c1nc(CCl)n2-c1ccccc1C#N. The molecule has 0 unspecified atom stereocenters. The van der Waals surface area contributed by atoms with E-state index in [1.165, 1.54) is 0 Å². The Labute approximate surface area is 121 Å². The molecule has 3 aromatic rings. The minimum absolute atomic E-state index is 0.259. The molecule has 0 aliphatic rings. The summed E-state index contributed by atoms with van der Waals surface area (Å²) in [6, 6.07) is 11.5. The lowest BCUT2D eigenvalue weighted by Crippen LogP contribution is -2.02. The van der Waals surface area contributed by atoms with Crippen LogP contribution in [-0.4, -0.2) is 14.5 Å². The number of aromatic nitrogens is 3. The highest BCUT2D eigenvalue weighted by molar-refractivity contribution is 6.17. The number of para-hydroxylation sites is 1. The van der Waals surface area contributed by atoms with Gasteiger partial charge < -0.3 is 0 Å². The van der Waals surface area contributed by atoms with Crippen LogP contribution in [-0.2, 0) is 5.88 Å². The van der Waals surface area contributed by atoms with Crippen LogP contribution in [0.15, 0.2) is 36.5 Å². The topological polar surface area (TPSA) is 54.5 Å². The number of rotatable bonds is 2. The Kier molecular flexibility index (Phi) is 3.13. The third-order valence-electron chi connectivity index (χ3n) is 3.20. The molecule has 4 nitrogen and oxygen atoms in total. The zero-order valence-corrected chi connectivity index (χ0v) is 11.6. The molecule has 0 saturated heterocycles. The van der Waals surface area contributed by atoms with Crippen LogP contribution in [0.5, 0.6) is 0 Å². The minimum atomic E-state index is 0.259. The number of imidazole rings is 1. The third kappa shape index (κ3) is 1.84. The van der Waals surface area contributed by atoms with Crippen molar-refractivity contribution in [3.8, 4) is 11.8 Å². The molecule has 2 heterocycles. The molecule has 0 saturated carbocycles. The number of nitriles is 1. The standard InChI is InChI=1S/C15H11ClN4/c1-10-6-7-18-15-14(10)19-13(8-16)20(15)12-5-3-2-4-11(12)9-17/h2-7H,8H2,1H3. The van der Waals surface area contributed by atoms with Crippen molar-refractivity contribution < 1.29 is 0 Å². The maximum absolute atomic E-state index is 9.27. The first-order valence-electron chi connectivity index (χ1n) is 6.14. The monoisotopic (exact) mass is 282 g/mol. The third-order valence-corrected chi connectivity index (χ3v) is 3.44. The van der Waals surface area contributed by atoms with Crippen molar-refractivity contribution in [3.63, 3.8) is 0 Å². The normalized spacial score (nSPS) is 10.7. The average Bonchev–Trinajstić information content (AvgIpc) is 2.87. The number of pyridine rings is 1. The highest BCUT2D eigenvalue weighted by Crippen LogP contribution is 2.24. The second-order valence-corrected chi connectivity index (χ2v) is 4.69. The number of hydrogen-bond acceptors (Lipinski definition) is 3. The van der Waals surface area contributed by atoms with Crippen molar-refractivity contribution in [2.75, 3.05) is 0 Å². The molecular formula is C15H11ClN4. The number of fused-ring (bicyclic) bond motifs is 1. The molecule has 3 rings (SSSR count). The molecule has 0 atom stereocenters. The zero-order chi connectivity index (χ0) is 14.1. The zero-order valence-electron chi connectivity index (χ0n) is 10.8. The Bertz CT molecular complexity index is 829. The van der Waals surface area contributed by atoms with Gasteiger partial charge in [-0.3, -0.25) is 4.57 Å². The molecule has 0 aliphatic carbocycles. The van der Waals surface area contributed by atoms with E-state index in [1.54, 1.807) is 12.3 Å². The first-order chi connectivity index (χ1) is 9.76. The molecule has 2 aromatic heterocycles. The fourth-order valence-electron chi connectivity index (χ4n) is 2.25. The van der Waals surface area contributed by atoms with Crippen LogP contribution in [0.25, 0.3) is 16.9 Å². The van der Waals surface area contributed by atoms with E-state index in [4.69, 9.17) is 11.6 Å². The van der Waals surface area contributed by atoms with E-state index < -0.39 is 0 Å². The molecular weight excluding hydrogens is 272 g/mol. The van der Waals surface area contributed by atoms with Gasteiger partial charge in [0.15, 0.2) is 5.65 Å². The first-order valence-corrected chi connectivity index (χ1v) is 6.68. The van der Waals surface area contributed by atoms with E-state index in [0.717, 1.165) is 22.4 Å². The second-order valence-electron chi connectivity index (χ2n) is 4.43. The number of hydrogen-bond donors (Lipinski definition) is 0. The van der Waals surface area contributed by atoms with Gasteiger partial charge in [-0.25, -0.2) is 9.97 Å². The summed E-state index contributed by atoms with van der Waals surface area (Å²) in [7, 11) is 0. The lowest BCUT2D eigenvalue weighted by molar-refractivity contribution is 0.966. The quantitative estimate of drug-likeness (QED) is 0.677. The number of halogens is 1. The number of benzene rings is 1. The molecule has 0 spiro atoms. The van der Waals surface area contributed by atoms with Crippen molar-refractivity contribution in [1.82, 2.24) is 14.5 Å². The molecule has 0 aliphatic heterocycles. The van der Waals surface area contributed by atoms with Gasteiger partial charge in [0.05, 0.1) is 17.1 Å². The molecule has 0 radical (unpaired) electrons. The Morgan fingerprint density at radius 1 is 1.30 bits per heavy atom. The van der Waals surface area contributed by atoms with Crippen molar-refractivity contribution >= 4 is 22.8 Å². The predicted molar refractivity (Wildman–Crippen MR) is 77.9 cm³/mol. The number of nitrogens with zero attached hydrogens (tertiary/aromatic N) is 4. The van der Waals surface area contributed by atoms with Gasteiger partial charge in [0.2, 0.25) is 0 Å². The van der Waals surface area contributed by atoms with E-state index in [0.29, 0.717) is 11.4 Å². The summed E-state index contributed by atoms with van der Waals surface area (Å²) in [5, 5.41) is 9.27. The Balaban J connectivity index is 2.41. The molecule has 0 amide bonds. The smallest absolute Gasteiger partial charge is 0.165 e. The van der Waals surface area contributed by atoms with Crippen LogP contribution in [0.2, 0.25) is 0 Å². The summed E-state index contributed by atoms with van der Waals surface area (Å²) >= 11 is 6.01. The first kappa shape index (κ1) is 12.6. The van der Waals surface area contributed by atoms with Crippen LogP contribution in [0.3, 0.4) is 0 Å². The maximum atomic E-state index is 9.27. The second kappa shape index (κ2) is 4.95. The maximum Gasteiger partial charge on any atom is 0.165 e.